The highest BCUT2D eigenvalue weighted by molar-refractivity contribution is 6.30. The van der Waals surface area contributed by atoms with Crippen molar-refractivity contribution in [2.45, 2.75) is 25.7 Å². The molecule has 0 saturated carbocycles. The second kappa shape index (κ2) is 6.29. The van der Waals surface area contributed by atoms with Gasteiger partial charge in [-0.05, 0) is 30.5 Å². The van der Waals surface area contributed by atoms with Gasteiger partial charge in [0.15, 0.2) is 0 Å². The van der Waals surface area contributed by atoms with E-state index in [0.29, 0.717) is 19.0 Å². The summed E-state index contributed by atoms with van der Waals surface area (Å²) in [6.45, 7) is 4.57. The van der Waals surface area contributed by atoms with E-state index in [0.717, 1.165) is 31.0 Å². The van der Waals surface area contributed by atoms with Gasteiger partial charge in [0.1, 0.15) is 0 Å². The van der Waals surface area contributed by atoms with Crippen LogP contribution in [0.3, 0.4) is 0 Å². The number of hydrogen-bond donors (Lipinski definition) is 0. The van der Waals surface area contributed by atoms with E-state index in [1.54, 1.807) is 6.92 Å². The Kier molecular flexibility index (Phi) is 4.39. The van der Waals surface area contributed by atoms with Gasteiger partial charge in [-0.1, -0.05) is 23.7 Å². The van der Waals surface area contributed by atoms with Crippen molar-refractivity contribution in [1.29, 1.82) is 0 Å². The van der Waals surface area contributed by atoms with E-state index in [9.17, 15) is 9.59 Å². The molecule has 0 unspecified atom stereocenters. The predicted molar refractivity (Wildman–Crippen MR) is 85.8 cm³/mol. The van der Waals surface area contributed by atoms with Gasteiger partial charge in [-0.25, -0.2) is 0 Å². The average molecular weight is 321 g/mol. The maximum atomic E-state index is 12.5. The molecule has 1 aromatic rings. The van der Waals surface area contributed by atoms with Gasteiger partial charge in [0, 0.05) is 50.0 Å². The van der Waals surface area contributed by atoms with Crippen LogP contribution in [0.1, 0.15) is 31.2 Å². The first-order valence-electron chi connectivity index (χ1n) is 7.84. The number of nitrogens with zero attached hydrogens (tertiary/aromatic N) is 2. The summed E-state index contributed by atoms with van der Waals surface area (Å²) in [5, 5.41) is 0.749. The third-order valence-electron chi connectivity index (χ3n) is 4.80. The van der Waals surface area contributed by atoms with Gasteiger partial charge in [0.2, 0.25) is 11.8 Å². The molecule has 2 fully saturated rings. The quantitative estimate of drug-likeness (QED) is 0.840. The molecule has 0 aliphatic carbocycles. The fraction of sp³-hybridized carbons (Fsp3) is 0.529. The molecule has 4 nitrogen and oxygen atoms in total. The van der Waals surface area contributed by atoms with Crippen LogP contribution in [-0.2, 0) is 9.59 Å². The molecule has 0 atom stereocenters. The van der Waals surface area contributed by atoms with Crippen LogP contribution in [0.25, 0.3) is 0 Å². The standard InChI is InChI=1S/C17H21ClN2O2/c1-12(21)19-7-5-13(6-8-19)17(22)20-10-15(11-20)14-3-2-4-16(18)9-14/h2-4,9,13,15H,5-8,10-11H2,1H3. The molecule has 22 heavy (non-hydrogen) atoms. The Morgan fingerprint density at radius 2 is 1.82 bits per heavy atom. The molecule has 5 heteroatoms. The summed E-state index contributed by atoms with van der Waals surface area (Å²) in [4.78, 5) is 27.6. The van der Waals surface area contributed by atoms with E-state index in [4.69, 9.17) is 11.6 Å². The van der Waals surface area contributed by atoms with Crippen LogP contribution in [0.15, 0.2) is 24.3 Å². The van der Waals surface area contributed by atoms with Gasteiger partial charge in [0.05, 0.1) is 0 Å². The first-order chi connectivity index (χ1) is 10.5. The number of piperidine rings is 1. The van der Waals surface area contributed by atoms with E-state index >= 15 is 0 Å². The topological polar surface area (TPSA) is 40.6 Å². The maximum Gasteiger partial charge on any atom is 0.225 e. The molecule has 0 radical (unpaired) electrons. The van der Waals surface area contributed by atoms with E-state index in [1.165, 1.54) is 5.56 Å². The Morgan fingerprint density at radius 3 is 2.41 bits per heavy atom. The van der Waals surface area contributed by atoms with Gasteiger partial charge in [0.25, 0.3) is 0 Å². The highest BCUT2D eigenvalue weighted by Crippen LogP contribution is 2.31. The van der Waals surface area contributed by atoms with E-state index in [1.807, 2.05) is 28.0 Å². The zero-order chi connectivity index (χ0) is 15.7. The minimum absolute atomic E-state index is 0.0795. The van der Waals surface area contributed by atoms with Gasteiger partial charge >= 0.3 is 0 Å². The minimum Gasteiger partial charge on any atom is -0.343 e. The maximum absolute atomic E-state index is 12.5. The predicted octanol–water partition coefficient (Wildman–Crippen LogP) is 2.52. The molecule has 0 aromatic heterocycles. The number of benzene rings is 1. The largest absolute Gasteiger partial charge is 0.343 e. The lowest BCUT2D eigenvalue weighted by atomic mass is 9.88. The van der Waals surface area contributed by atoms with Crippen LogP contribution >= 0.6 is 11.6 Å². The highest BCUT2D eigenvalue weighted by atomic mass is 35.5. The summed E-state index contributed by atoms with van der Waals surface area (Å²) in [5.41, 5.74) is 1.21. The molecule has 118 valence electrons. The van der Waals surface area contributed by atoms with Gasteiger partial charge in [-0.15, -0.1) is 0 Å². The second-order valence-corrected chi connectivity index (χ2v) is 6.71. The summed E-state index contributed by atoms with van der Waals surface area (Å²) in [6, 6.07) is 7.89. The first-order valence-corrected chi connectivity index (χ1v) is 8.22. The Morgan fingerprint density at radius 1 is 1.14 bits per heavy atom. The lowest BCUT2D eigenvalue weighted by Crippen LogP contribution is -2.52. The number of rotatable bonds is 2. The molecule has 2 heterocycles. The summed E-state index contributed by atoms with van der Waals surface area (Å²) >= 11 is 6.02. The van der Waals surface area contributed by atoms with Crippen molar-refractivity contribution in [2.75, 3.05) is 26.2 Å². The van der Waals surface area contributed by atoms with Crippen LogP contribution in [0.4, 0.5) is 0 Å². The molecule has 2 saturated heterocycles. The molecule has 1 aromatic carbocycles. The zero-order valence-electron chi connectivity index (χ0n) is 12.8. The van der Waals surface area contributed by atoms with Crippen molar-refractivity contribution in [2.24, 2.45) is 5.92 Å². The fourth-order valence-corrected chi connectivity index (χ4v) is 3.53. The molecule has 2 amide bonds. The number of amides is 2. The monoisotopic (exact) mass is 320 g/mol. The number of likely N-dealkylation sites (tertiary alicyclic amines) is 2. The van der Waals surface area contributed by atoms with Crippen molar-refractivity contribution >= 4 is 23.4 Å². The second-order valence-electron chi connectivity index (χ2n) is 6.28. The Bertz CT molecular complexity index is 576. The molecular weight excluding hydrogens is 300 g/mol. The first kappa shape index (κ1) is 15.3. The smallest absolute Gasteiger partial charge is 0.225 e. The van der Waals surface area contributed by atoms with Crippen LogP contribution in [0.5, 0.6) is 0 Å². The number of hydrogen-bond acceptors (Lipinski definition) is 2. The number of halogens is 1. The zero-order valence-corrected chi connectivity index (χ0v) is 13.6. The normalized spacial score (nSPS) is 19.9. The lowest BCUT2D eigenvalue weighted by Gasteiger charge is -2.42. The average Bonchev–Trinajstić information content (AvgIpc) is 2.46. The van der Waals surface area contributed by atoms with Crippen LogP contribution in [-0.4, -0.2) is 47.8 Å². The summed E-state index contributed by atoms with van der Waals surface area (Å²) in [7, 11) is 0. The summed E-state index contributed by atoms with van der Waals surface area (Å²) in [5.74, 6) is 0.841. The minimum atomic E-state index is 0.0795. The van der Waals surface area contributed by atoms with E-state index < -0.39 is 0 Å². The van der Waals surface area contributed by atoms with Crippen molar-refractivity contribution < 1.29 is 9.59 Å². The van der Waals surface area contributed by atoms with Crippen molar-refractivity contribution in [3.05, 3.63) is 34.9 Å². The summed E-state index contributed by atoms with van der Waals surface area (Å²) < 4.78 is 0. The third-order valence-corrected chi connectivity index (χ3v) is 5.04. The molecule has 0 bridgehead atoms. The van der Waals surface area contributed by atoms with Gasteiger partial charge in [-0.2, -0.15) is 0 Å². The molecule has 3 rings (SSSR count). The number of carbonyl (C=O) groups is 2. The molecule has 2 aliphatic rings. The Balaban J connectivity index is 1.51. The number of carbonyl (C=O) groups excluding carboxylic acids is 2. The molecule has 2 aliphatic heterocycles. The van der Waals surface area contributed by atoms with Crippen molar-refractivity contribution in [1.82, 2.24) is 9.80 Å². The van der Waals surface area contributed by atoms with Gasteiger partial charge < -0.3 is 9.80 Å². The fourth-order valence-electron chi connectivity index (χ4n) is 3.33. The van der Waals surface area contributed by atoms with Crippen molar-refractivity contribution in [3.8, 4) is 0 Å². The van der Waals surface area contributed by atoms with Crippen LogP contribution in [0.2, 0.25) is 5.02 Å². The third kappa shape index (κ3) is 3.12. The Labute approximate surface area is 136 Å². The van der Waals surface area contributed by atoms with Crippen LogP contribution in [0, 0.1) is 5.92 Å². The van der Waals surface area contributed by atoms with Crippen molar-refractivity contribution in [3.63, 3.8) is 0 Å². The molecule has 0 N–H and O–H groups in total. The molecule has 0 spiro atoms. The van der Waals surface area contributed by atoms with E-state index in [-0.39, 0.29) is 17.7 Å². The SMILES string of the molecule is CC(=O)N1CCC(C(=O)N2CC(c3cccc(Cl)c3)C2)CC1. The molecular formula is C17H21ClN2O2. The van der Waals surface area contributed by atoms with E-state index in [2.05, 4.69) is 6.07 Å². The Hall–Kier alpha value is -1.55. The highest BCUT2D eigenvalue weighted by Gasteiger charge is 2.36. The van der Waals surface area contributed by atoms with Gasteiger partial charge in [-0.3, -0.25) is 9.59 Å². The lowest BCUT2D eigenvalue weighted by molar-refractivity contribution is -0.143. The van der Waals surface area contributed by atoms with Crippen LogP contribution < -0.4 is 0 Å². The summed E-state index contributed by atoms with van der Waals surface area (Å²) in [6.07, 6.45) is 1.58.